The van der Waals surface area contributed by atoms with Crippen molar-refractivity contribution in [1.29, 1.82) is 0 Å². The first kappa shape index (κ1) is 35.9. The molecule has 4 aromatic rings. The van der Waals surface area contributed by atoms with E-state index in [1.807, 2.05) is 0 Å². The van der Waals surface area contributed by atoms with Gasteiger partial charge >= 0.3 is 5.97 Å². The lowest BCUT2D eigenvalue weighted by Gasteiger charge is -2.21. The van der Waals surface area contributed by atoms with E-state index < -0.39 is 11.9 Å². The second kappa shape index (κ2) is 16.8. The normalized spacial score (nSPS) is 10.7. The zero-order valence-corrected chi connectivity index (χ0v) is 28.4. The molecule has 0 saturated heterocycles. The molecule has 0 aliphatic heterocycles. The molecule has 14 heteroatoms. The fourth-order valence-corrected chi connectivity index (χ4v) is 5.23. The van der Waals surface area contributed by atoms with Gasteiger partial charge in [0.05, 0.1) is 23.9 Å². The van der Waals surface area contributed by atoms with Gasteiger partial charge in [0.2, 0.25) is 11.8 Å². The summed E-state index contributed by atoms with van der Waals surface area (Å²) in [6.07, 6.45) is 2.05. The number of aromatic nitrogens is 2. The van der Waals surface area contributed by atoms with Crippen LogP contribution in [0.15, 0.2) is 54.7 Å². The Labute approximate surface area is 287 Å². The molecule has 3 amide bonds. The monoisotopic (exact) mass is 695 g/mol. The number of pyridine rings is 2. The van der Waals surface area contributed by atoms with Crippen LogP contribution in [0.25, 0.3) is 10.9 Å². The quantitative estimate of drug-likeness (QED) is 0.177. The number of nitrogens with one attached hydrogen (secondary N) is 2. The van der Waals surface area contributed by atoms with Crippen LogP contribution in [0.3, 0.4) is 0 Å². The van der Waals surface area contributed by atoms with Crippen molar-refractivity contribution in [3.8, 4) is 11.5 Å². The molecule has 0 bridgehead atoms. The van der Waals surface area contributed by atoms with E-state index in [1.165, 1.54) is 11.9 Å². The SMILES string of the molecule is CCOC(=O)COc1cc(C)nc2c(OCc3c(Cl)ccc(N(C)C(=O)CNC(=O)CCc4ccc(C(=O)NC)nc4)c3Cl)cccc12. The third-order valence-corrected chi connectivity index (χ3v) is 7.95. The standard InChI is InChI=1S/C34H35Cl2N5O7/c1-5-46-31(44)19-48-28-15-20(2)40-33-22(28)7-6-8-27(33)47-18-23-24(35)11-13-26(32(23)36)41(4)30(43)17-39-29(42)14-10-21-9-12-25(38-16-21)34(45)37-3/h6-9,11-13,15-16H,5,10,14,17-19H2,1-4H3,(H,37,45)(H,39,42). The van der Waals surface area contributed by atoms with Crippen molar-refractivity contribution in [2.75, 3.05) is 38.8 Å². The number of rotatable bonds is 14. The lowest BCUT2D eigenvalue weighted by molar-refractivity contribution is -0.145. The van der Waals surface area contributed by atoms with E-state index >= 15 is 0 Å². The molecule has 4 rings (SSSR count). The molecule has 0 aliphatic carbocycles. The van der Waals surface area contributed by atoms with Crippen LogP contribution in [0.5, 0.6) is 11.5 Å². The zero-order valence-electron chi connectivity index (χ0n) is 26.9. The Morgan fingerprint density at radius 1 is 1.00 bits per heavy atom. The Morgan fingerprint density at radius 3 is 2.50 bits per heavy atom. The summed E-state index contributed by atoms with van der Waals surface area (Å²) in [6.45, 7) is 3.22. The zero-order chi connectivity index (χ0) is 34.8. The van der Waals surface area contributed by atoms with Crippen LogP contribution < -0.4 is 25.0 Å². The second-order valence-corrected chi connectivity index (χ2v) is 11.3. The molecule has 0 atom stereocenters. The summed E-state index contributed by atoms with van der Waals surface area (Å²) in [4.78, 5) is 59.0. The first-order valence-corrected chi connectivity index (χ1v) is 15.8. The van der Waals surface area contributed by atoms with Crippen molar-refractivity contribution in [3.63, 3.8) is 0 Å². The van der Waals surface area contributed by atoms with Gasteiger partial charge in [0.15, 0.2) is 6.61 Å². The van der Waals surface area contributed by atoms with Crippen LogP contribution in [-0.2, 0) is 32.1 Å². The average Bonchev–Trinajstić information content (AvgIpc) is 3.08. The summed E-state index contributed by atoms with van der Waals surface area (Å²) < 4.78 is 16.8. The number of carbonyl (C=O) groups excluding carboxylic acids is 4. The van der Waals surface area contributed by atoms with Gasteiger partial charge in [-0.25, -0.2) is 9.78 Å². The predicted octanol–water partition coefficient (Wildman–Crippen LogP) is 4.84. The number of halogens is 2. The molecule has 0 unspecified atom stereocenters. The molecule has 2 N–H and O–H groups in total. The number of amides is 3. The lowest BCUT2D eigenvalue weighted by atomic mass is 10.1. The molecule has 0 spiro atoms. The molecule has 0 fully saturated rings. The van der Waals surface area contributed by atoms with E-state index in [4.69, 9.17) is 37.4 Å². The number of nitrogens with zero attached hydrogens (tertiary/aromatic N) is 3. The topological polar surface area (TPSA) is 149 Å². The third kappa shape index (κ3) is 9.11. The fraction of sp³-hybridized carbons (Fsp3) is 0.294. The van der Waals surface area contributed by atoms with Crippen molar-refractivity contribution < 1.29 is 33.4 Å². The number of esters is 1. The van der Waals surface area contributed by atoms with Gasteiger partial charge < -0.3 is 29.7 Å². The number of ether oxygens (including phenoxy) is 3. The van der Waals surface area contributed by atoms with Crippen LogP contribution in [0.2, 0.25) is 10.0 Å². The van der Waals surface area contributed by atoms with Crippen molar-refractivity contribution in [2.45, 2.75) is 33.3 Å². The molecule has 0 radical (unpaired) electrons. The third-order valence-electron chi connectivity index (χ3n) is 7.18. The first-order chi connectivity index (χ1) is 23.0. The number of carbonyl (C=O) groups is 4. The van der Waals surface area contributed by atoms with Gasteiger partial charge in [-0.2, -0.15) is 0 Å². The van der Waals surface area contributed by atoms with Gasteiger partial charge in [-0.3, -0.25) is 19.4 Å². The predicted molar refractivity (Wildman–Crippen MR) is 182 cm³/mol. The maximum absolute atomic E-state index is 13.0. The minimum Gasteiger partial charge on any atom is -0.487 e. The molecule has 48 heavy (non-hydrogen) atoms. The minimum absolute atomic E-state index is 0.0447. The molecule has 0 saturated carbocycles. The van der Waals surface area contributed by atoms with E-state index in [-0.39, 0.29) is 55.3 Å². The van der Waals surface area contributed by atoms with E-state index in [0.717, 1.165) is 5.56 Å². The van der Waals surface area contributed by atoms with E-state index in [9.17, 15) is 19.2 Å². The number of fused-ring (bicyclic) bond motifs is 1. The summed E-state index contributed by atoms with van der Waals surface area (Å²) >= 11 is 13.3. The summed E-state index contributed by atoms with van der Waals surface area (Å²) in [5, 5.41) is 6.31. The molecular weight excluding hydrogens is 661 g/mol. The number of anilines is 1. The van der Waals surface area contributed by atoms with Crippen LogP contribution in [0.4, 0.5) is 5.69 Å². The lowest BCUT2D eigenvalue weighted by Crippen LogP contribution is -2.38. The molecule has 2 heterocycles. The molecule has 252 valence electrons. The van der Waals surface area contributed by atoms with E-state index in [1.54, 1.807) is 75.6 Å². The fourth-order valence-electron chi connectivity index (χ4n) is 4.62. The van der Waals surface area contributed by atoms with Gasteiger partial charge in [0.25, 0.3) is 5.91 Å². The van der Waals surface area contributed by atoms with Crippen molar-refractivity contribution in [3.05, 3.63) is 87.3 Å². The van der Waals surface area contributed by atoms with E-state index in [0.29, 0.717) is 50.8 Å². The van der Waals surface area contributed by atoms with Gasteiger partial charge in [-0.1, -0.05) is 35.3 Å². The molecule has 12 nitrogen and oxygen atoms in total. The Balaban J connectivity index is 1.39. The first-order valence-electron chi connectivity index (χ1n) is 15.0. The van der Waals surface area contributed by atoms with Crippen LogP contribution in [-0.4, -0.2) is 67.5 Å². The largest absolute Gasteiger partial charge is 0.487 e. The van der Waals surface area contributed by atoms with Crippen LogP contribution >= 0.6 is 23.2 Å². The van der Waals surface area contributed by atoms with Gasteiger partial charge in [0, 0.05) is 54.4 Å². The van der Waals surface area contributed by atoms with Gasteiger partial charge in [0.1, 0.15) is 29.3 Å². The number of hydrogen-bond donors (Lipinski definition) is 2. The maximum Gasteiger partial charge on any atom is 0.344 e. The van der Waals surface area contributed by atoms with Crippen LogP contribution in [0, 0.1) is 6.92 Å². The van der Waals surface area contributed by atoms with Crippen molar-refractivity contribution in [2.24, 2.45) is 0 Å². The Hall–Kier alpha value is -4.94. The molecule has 0 aliphatic rings. The Morgan fingerprint density at radius 2 is 1.79 bits per heavy atom. The highest BCUT2D eigenvalue weighted by molar-refractivity contribution is 6.38. The highest BCUT2D eigenvalue weighted by atomic mass is 35.5. The Kier molecular flexibility index (Phi) is 12.5. The molecule has 2 aromatic carbocycles. The number of hydrogen-bond acceptors (Lipinski definition) is 9. The summed E-state index contributed by atoms with van der Waals surface area (Å²) in [5.41, 5.74) is 3.04. The highest BCUT2D eigenvalue weighted by Crippen LogP contribution is 2.36. The number of aryl methyl sites for hydroxylation is 2. The summed E-state index contributed by atoms with van der Waals surface area (Å²) in [6, 6.07) is 13.6. The van der Waals surface area contributed by atoms with Gasteiger partial charge in [-0.15, -0.1) is 0 Å². The Bertz CT molecular complexity index is 1820. The molecular formula is C34H35Cl2N5O7. The van der Waals surface area contributed by atoms with Crippen molar-refractivity contribution >= 4 is 63.5 Å². The van der Waals surface area contributed by atoms with Crippen LogP contribution in [0.1, 0.15) is 40.7 Å². The van der Waals surface area contributed by atoms with Crippen molar-refractivity contribution in [1.82, 2.24) is 20.6 Å². The highest BCUT2D eigenvalue weighted by Gasteiger charge is 2.20. The smallest absolute Gasteiger partial charge is 0.344 e. The second-order valence-electron chi connectivity index (χ2n) is 10.5. The number of likely N-dealkylation sites (N-methyl/N-ethyl adjacent to an activating group) is 1. The summed E-state index contributed by atoms with van der Waals surface area (Å²) in [7, 11) is 3.06. The van der Waals surface area contributed by atoms with Gasteiger partial charge in [-0.05, 0) is 56.2 Å². The summed E-state index contributed by atoms with van der Waals surface area (Å²) in [5.74, 6) is -0.622. The minimum atomic E-state index is -0.483. The number of para-hydroxylation sites is 1. The number of benzene rings is 2. The van der Waals surface area contributed by atoms with E-state index in [2.05, 4.69) is 20.6 Å². The average molecular weight is 697 g/mol. The maximum atomic E-state index is 13.0. The molecule has 2 aromatic heterocycles.